The maximum absolute atomic E-state index is 13.1. The Morgan fingerprint density at radius 3 is 2.00 bits per heavy atom. The molecule has 0 saturated heterocycles. The largest absolute Gasteiger partial charge is 0.238 e. The number of primary sulfonamides is 1. The van der Waals surface area contributed by atoms with Gasteiger partial charge in [0.25, 0.3) is 0 Å². The lowest BCUT2D eigenvalue weighted by molar-refractivity contribution is 0.583. The molecule has 0 spiro atoms. The molecule has 0 radical (unpaired) electrons. The van der Waals surface area contributed by atoms with E-state index >= 15 is 0 Å². The van der Waals surface area contributed by atoms with E-state index in [0.29, 0.717) is 0 Å². The highest BCUT2D eigenvalue weighted by Crippen LogP contribution is 2.43. The van der Waals surface area contributed by atoms with Crippen LogP contribution in [0.15, 0.2) is 59.6 Å². The summed E-state index contributed by atoms with van der Waals surface area (Å²) in [5.74, 6) is -0.528. The highest BCUT2D eigenvalue weighted by atomic mass is 32.2. The molecule has 0 amide bonds. The Labute approximate surface area is 140 Å². The van der Waals surface area contributed by atoms with Crippen molar-refractivity contribution in [3.05, 3.63) is 71.8 Å². The molecule has 24 heavy (non-hydrogen) atoms. The number of halogens is 1. The molecule has 1 aromatic heterocycles. The molecule has 0 unspecified atom stereocenters. The predicted octanol–water partition coefficient (Wildman–Crippen LogP) is 3.37. The molecule has 6 heteroatoms. The molecule has 1 aromatic carbocycles. The summed E-state index contributed by atoms with van der Waals surface area (Å²) in [6.07, 6.45) is 5.68. The van der Waals surface area contributed by atoms with Crippen LogP contribution in [0.4, 0.5) is 4.39 Å². The van der Waals surface area contributed by atoms with E-state index in [1.807, 2.05) is 0 Å². The lowest BCUT2D eigenvalue weighted by Crippen LogP contribution is -2.11. The minimum Gasteiger partial charge on any atom is -0.228 e. The minimum absolute atomic E-state index is 0.0677. The molecule has 2 N–H and O–H groups in total. The minimum atomic E-state index is -3.72. The zero-order valence-corrected chi connectivity index (χ0v) is 14.1. The zero-order valence-electron chi connectivity index (χ0n) is 13.3. The molecule has 3 rings (SSSR count). The second kappa shape index (κ2) is 5.65. The Morgan fingerprint density at radius 2 is 1.50 bits per heavy atom. The molecule has 0 bridgehead atoms. The number of benzene rings is 1. The third kappa shape index (κ3) is 3.29. The molecule has 1 aliphatic rings. The number of aromatic nitrogens is 1. The van der Waals surface area contributed by atoms with Crippen molar-refractivity contribution in [3.63, 3.8) is 0 Å². The SMILES string of the molecule is CC1(C)C=C(c2ccc(S(N)(=O)=O)cc2)C(c2ccc(F)nc2)=C1. The average Bonchev–Trinajstić information content (AvgIpc) is 2.83. The number of nitrogens with zero attached hydrogens (tertiary/aromatic N) is 1. The highest BCUT2D eigenvalue weighted by molar-refractivity contribution is 7.89. The summed E-state index contributed by atoms with van der Waals surface area (Å²) in [6, 6.07) is 9.41. The third-order valence-electron chi connectivity index (χ3n) is 3.86. The Hall–Kier alpha value is -2.31. The normalized spacial score (nSPS) is 16.7. The van der Waals surface area contributed by atoms with E-state index in [-0.39, 0.29) is 10.3 Å². The monoisotopic (exact) mass is 344 g/mol. The predicted molar refractivity (Wildman–Crippen MR) is 91.7 cm³/mol. The molecule has 124 valence electrons. The van der Waals surface area contributed by atoms with Crippen LogP contribution < -0.4 is 5.14 Å². The van der Waals surface area contributed by atoms with E-state index in [0.717, 1.165) is 22.3 Å². The van der Waals surface area contributed by atoms with E-state index in [1.54, 1.807) is 18.2 Å². The van der Waals surface area contributed by atoms with Crippen molar-refractivity contribution >= 4 is 21.2 Å². The summed E-state index contributed by atoms with van der Waals surface area (Å²) in [4.78, 5) is 3.78. The second-order valence-electron chi connectivity index (χ2n) is 6.38. The Morgan fingerprint density at radius 1 is 0.958 bits per heavy atom. The van der Waals surface area contributed by atoms with Crippen LogP contribution in [-0.2, 0) is 10.0 Å². The number of allylic oxidation sites excluding steroid dienone is 4. The fraction of sp³-hybridized carbons (Fsp3) is 0.167. The fourth-order valence-electron chi connectivity index (χ4n) is 2.78. The van der Waals surface area contributed by atoms with Gasteiger partial charge in [0.15, 0.2) is 0 Å². The second-order valence-corrected chi connectivity index (χ2v) is 7.94. The van der Waals surface area contributed by atoms with E-state index in [4.69, 9.17) is 5.14 Å². The Bertz CT molecular complexity index is 942. The molecule has 0 aliphatic heterocycles. The summed E-state index contributed by atoms with van der Waals surface area (Å²) in [6.45, 7) is 4.13. The van der Waals surface area contributed by atoms with Crippen LogP contribution in [-0.4, -0.2) is 13.4 Å². The van der Waals surface area contributed by atoms with Crippen molar-refractivity contribution in [2.45, 2.75) is 18.7 Å². The first-order chi connectivity index (χ1) is 11.2. The van der Waals surface area contributed by atoms with Crippen molar-refractivity contribution in [2.24, 2.45) is 10.6 Å². The standard InChI is InChI=1S/C18H17FN2O2S/c1-18(2)9-15(12-3-6-14(7-4-12)24(20,22)23)16(10-18)13-5-8-17(19)21-11-13/h3-11H,1-2H3,(H2,20,22,23). The topological polar surface area (TPSA) is 73.1 Å². The van der Waals surface area contributed by atoms with Gasteiger partial charge in [-0.2, -0.15) is 4.39 Å². The van der Waals surface area contributed by atoms with E-state index in [2.05, 4.69) is 31.0 Å². The first-order valence-corrected chi connectivity index (χ1v) is 8.92. The molecular weight excluding hydrogens is 327 g/mol. The molecule has 0 fully saturated rings. The quantitative estimate of drug-likeness (QED) is 0.868. The molecule has 0 atom stereocenters. The van der Waals surface area contributed by atoms with Gasteiger partial charge in [-0.15, -0.1) is 0 Å². The molecule has 1 heterocycles. The summed E-state index contributed by atoms with van der Waals surface area (Å²) in [7, 11) is -3.72. The number of sulfonamides is 1. The lowest BCUT2D eigenvalue weighted by atomic mass is 9.95. The number of pyridine rings is 1. The molecule has 2 aromatic rings. The van der Waals surface area contributed by atoms with Gasteiger partial charge in [0, 0.05) is 17.2 Å². The van der Waals surface area contributed by atoms with Crippen LogP contribution in [0.25, 0.3) is 11.1 Å². The number of hydrogen-bond donors (Lipinski definition) is 1. The van der Waals surface area contributed by atoms with Crippen LogP contribution >= 0.6 is 0 Å². The number of nitrogens with two attached hydrogens (primary N) is 1. The van der Waals surface area contributed by atoms with E-state index in [1.165, 1.54) is 24.4 Å². The van der Waals surface area contributed by atoms with Crippen LogP contribution in [0.1, 0.15) is 25.0 Å². The number of hydrogen-bond acceptors (Lipinski definition) is 3. The first-order valence-electron chi connectivity index (χ1n) is 7.37. The van der Waals surface area contributed by atoms with Gasteiger partial charge in [0.05, 0.1) is 4.90 Å². The summed E-state index contributed by atoms with van der Waals surface area (Å²) >= 11 is 0. The third-order valence-corrected chi connectivity index (χ3v) is 4.78. The van der Waals surface area contributed by atoms with Gasteiger partial charge in [0.1, 0.15) is 0 Å². The van der Waals surface area contributed by atoms with Gasteiger partial charge in [-0.3, -0.25) is 0 Å². The lowest BCUT2D eigenvalue weighted by Gasteiger charge is -2.10. The van der Waals surface area contributed by atoms with Crippen LogP contribution in [0, 0.1) is 11.4 Å². The maximum atomic E-state index is 13.1. The number of rotatable bonds is 3. The van der Waals surface area contributed by atoms with Crippen molar-refractivity contribution < 1.29 is 12.8 Å². The first kappa shape index (κ1) is 16.5. The van der Waals surface area contributed by atoms with Crippen molar-refractivity contribution in [1.82, 2.24) is 4.98 Å². The maximum Gasteiger partial charge on any atom is 0.238 e. The fourth-order valence-corrected chi connectivity index (χ4v) is 3.29. The van der Waals surface area contributed by atoms with Gasteiger partial charge in [0.2, 0.25) is 16.0 Å². The zero-order chi connectivity index (χ0) is 17.5. The van der Waals surface area contributed by atoms with Crippen molar-refractivity contribution in [1.29, 1.82) is 0 Å². The van der Waals surface area contributed by atoms with Gasteiger partial charge in [-0.1, -0.05) is 38.1 Å². The summed E-state index contributed by atoms with van der Waals surface area (Å²) in [5, 5.41) is 5.14. The Kier molecular flexibility index (Phi) is 3.89. The summed E-state index contributed by atoms with van der Waals surface area (Å²) in [5.41, 5.74) is 3.40. The van der Waals surface area contributed by atoms with Gasteiger partial charge < -0.3 is 0 Å². The molecular formula is C18H17FN2O2S. The molecule has 0 saturated carbocycles. The van der Waals surface area contributed by atoms with E-state index in [9.17, 15) is 12.8 Å². The summed E-state index contributed by atoms with van der Waals surface area (Å²) < 4.78 is 35.9. The Balaban J connectivity index is 2.05. The highest BCUT2D eigenvalue weighted by Gasteiger charge is 2.25. The average molecular weight is 344 g/mol. The molecule has 1 aliphatic carbocycles. The van der Waals surface area contributed by atoms with E-state index < -0.39 is 16.0 Å². The van der Waals surface area contributed by atoms with Crippen molar-refractivity contribution in [3.8, 4) is 0 Å². The van der Waals surface area contributed by atoms with Crippen LogP contribution in [0.5, 0.6) is 0 Å². The van der Waals surface area contributed by atoms with Gasteiger partial charge in [-0.05, 0) is 41.0 Å². The smallest absolute Gasteiger partial charge is 0.228 e. The van der Waals surface area contributed by atoms with Crippen molar-refractivity contribution in [2.75, 3.05) is 0 Å². The van der Waals surface area contributed by atoms with Gasteiger partial charge >= 0.3 is 0 Å². The van der Waals surface area contributed by atoms with Crippen LogP contribution in [0.3, 0.4) is 0 Å². The van der Waals surface area contributed by atoms with Crippen LogP contribution in [0.2, 0.25) is 0 Å². The molecule has 4 nitrogen and oxygen atoms in total. The van der Waals surface area contributed by atoms with Gasteiger partial charge in [-0.25, -0.2) is 18.5 Å².